The van der Waals surface area contributed by atoms with Crippen LogP contribution in [0.5, 0.6) is 5.75 Å². The average molecular weight is 594 g/mol. The molecule has 0 amide bonds. The van der Waals surface area contributed by atoms with E-state index in [-0.39, 0.29) is 30.4 Å². The predicted octanol–water partition coefficient (Wildman–Crippen LogP) is 4.66. The summed E-state index contributed by atoms with van der Waals surface area (Å²) in [6.45, 7) is 3.10. The van der Waals surface area contributed by atoms with Crippen molar-refractivity contribution in [2.45, 2.75) is 19.4 Å². The summed E-state index contributed by atoms with van der Waals surface area (Å²) >= 11 is 0. The Morgan fingerprint density at radius 1 is 0.923 bits per heavy atom. The van der Waals surface area contributed by atoms with Crippen LogP contribution >= 0.6 is 24.8 Å². The van der Waals surface area contributed by atoms with Crippen LogP contribution < -0.4 is 15.0 Å². The average Bonchev–Trinajstić information content (AvgIpc) is 2.88. The van der Waals surface area contributed by atoms with Crippen LogP contribution in [0.4, 0.5) is 5.69 Å². The highest BCUT2D eigenvalue weighted by Gasteiger charge is 2.09. The van der Waals surface area contributed by atoms with Crippen molar-refractivity contribution in [1.82, 2.24) is 14.5 Å². The number of hydrogen-bond donors (Lipinski definition) is 1. The van der Waals surface area contributed by atoms with Gasteiger partial charge in [0.2, 0.25) is 10.0 Å². The molecule has 0 saturated carbocycles. The number of sulfonamides is 1. The minimum atomic E-state index is -3.29. The van der Waals surface area contributed by atoms with E-state index in [1.165, 1.54) is 5.56 Å². The molecule has 39 heavy (non-hydrogen) atoms. The van der Waals surface area contributed by atoms with Gasteiger partial charge in [-0.2, -0.15) is 0 Å². The normalized spacial score (nSPS) is 11.1. The Morgan fingerprint density at radius 3 is 2.33 bits per heavy atom. The maximum Gasteiger partial charge on any atom is 0.250 e. The Hall–Kier alpha value is -3.11. The zero-order chi connectivity index (χ0) is 26.3. The molecule has 0 radical (unpaired) electrons. The first-order valence-corrected chi connectivity index (χ1v) is 14.1. The SMILES string of the molecule is Cl.Cl.Cn1c(=O)ccc2cc(OCCCN(CCc3ccc(NS(C)(=O)=O)cc3)Cc3ccncc3)ccc21. The summed E-state index contributed by atoms with van der Waals surface area (Å²) in [5, 5.41) is 0.969. The Labute approximate surface area is 241 Å². The molecule has 0 aliphatic rings. The first-order valence-electron chi connectivity index (χ1n) is 12.2. The van der Waals surface area contributed by atoms with Gasteiger partial charge in [0.1, 0.15) is 5.75 Å². The molecule has 2 aromatic carbocycles. The summed E-state index contributed by atoms with van der Waals surface area (Å²) < 4.78 is 33.0. The molecule has 0 aliphatic heterocycles. The van der Waals surface area contributed by atoms with Crippen molar-refractivity contribution in [3.05, 3.63) is 101 Å². The monoisotopic (exact) mass is 592 g/mol. The van der Waals surface area contributed by atoms with Crippen LogP contribution in [0.1, 0.15) is 17.5 Å². The largest absolute Gasteiger partial charge is 0.494 e. The van der Waals surface area contributed by atoms with Gasteiger partial charge in [-0.3, -0.25) is 19.4 Å². The second-order valence-corrected chi connectivity index (χ2v) is 10.9. The standard InChI is InChI=1S/C28H32N4O4S.2ClH/c1-31-27-10-9-26(20-24(27)6-11-28(31)33)36-19-3-17-32(21-23-12-15-29-16-13-23)18-14-22-4-7-25(8-5-22)30-37(2,34)35;;/h4-13,15-16,20,30H,3,14,17-19,21H2,1-2H3;2*1H. The molecule has 11 heteroatoms. The van der Waals surface area contributed by atoms with Crippen molar-refractivity contribution in [3.8, 4) is 5.75 Å². The van der Waals surface area contributed by atoms with Gasteiger partial charge in [0.25, 0.3) is 5.56 Å². The Kier molecular flexibility index (Phi) is 12.3. The summed E-state index contributed by atoms with van der Waals surface area (Å²) in [5.74, 6) is 0.787. The van der Waals surface area contributed by atoms with Gasteiger partial charge >= 0.3 is 0 Å². The first kappa shape index (κ1) is 32.1. The van der Waals surface area contributed by atoms with Crippen LogP contribution in [0.15, 0.2) is 83.9 Å². The second kappa shape index (κ2) is 14.9. The molecular formula is C28H34Cl2N4O4S. The fourth-order valence-electron chi connectivity index (χ4n) is 4.19. The lowest BCUT2D eigenvalue weighted by Gasteiger charge is -2.22. The topological polar surface area (TPSA) is 93.5 Å². The number of rotatable bonds is 12. The molecule has 0 fully saturated rings. The Morgan fingerprint density at radius 2 is 1.64 bits per heavy atom. The van der Waals surface area contributed by atoms with Crippen LogP contribution in [0.2, 0.25) is 0 Å². The first-order chi connectivity index (χ1) is 17.8. The molecule has 4 aromatic rings. The molecule has 4 rings (SSSR count). The minimum Gasteiger partial charge on any atom is -0.494 e. The predicted molar refractivity (Wildman–Crippen MR) is 162 cm³/mol. The summed E-state index contributed by atoms with van der Waals surface area (Å²) in [7, 11) is -1.52. The number of aromatic nitrogens is 2. The molecule has 0 unspecified atom stereocenters. The molecule has 0 saturated heterocycles. The van der Waals surface area contributed by atoms with Crippen LogP contribution in [0.25, 0.3) is 10.9 Å². The van der Waals surface area contributed by atoms with Crippen LogP contribution in [-0.2, 0) is 30.0 Å². The number of halogens is 2. The van der Waals surface area contributed by atoms with Crippen molar-refractivity contribution >= 4 is 51.4 Å². The maximum atomic E-state index is 11.8. The number of hydrogen-bond acceptors (Lipinski definition) is 6. The number of fused-ring (bicyclic) bond motifs is 1. The molecule has 1 N–H and O–H groups in total. The number of aryl methyl sites for hydroxylation is 1. The van der Waals surface area contributed by atoms with Gasteiger partial charge in [-0.05, 0) is 72.5 Å². The van der Waals surface area contributed by atoms with E-state index in [9.17, 15) is 13.2 Å². The summed E-state index contributed by atoms with van der Waals surface area (Å²) in [5.41, 5.74) is 3.75. The lowest BCUT2D eigenvalue weighted by atomic mass is 10.1. The van der Waals surface area contributed by atoms with E-state index in [1.807, 2.05) is 48.5 Å². The Bertz CT molecular complexity index is 1500. The molecule has 2 heterocycles. The summed E-state index contributed by atoms with van der Waals surface area (Å²) in [4.78, 5) is 18.3. The van der Waals surface area contributed by atoms with Gasteiger partial charge in [0.05, 0.1) is 18.4 Å². The lowest BCUT2D eigenvalue weighted by Crippen LogP contribution is -2.28. The maximum absolute atomic E-state index is 11.8. The number of pyridine rings is 2. The molecule has 2 aromatic heterocycles. The zero-order valence-electron chi connectivity index (χ0n) is 21.9. The van der Waals surface area contributed by atoms with E-state index in [0.717, 1.165) is 60.9 Å². The fourth-order valence-corrected chi connectivity index (χ4v) is 4.75. The van der Waals surface area contributed by atoms with E-state index < -0.39 is 10.0 Å². The third-order valence-corrected chi connectivity index (χ3v) is 6.72. The summed E-state index contributed by atoms with van der Waals surface area (Å²) in [6.07, 6.45) is 6.45. The lowest BCUT2D eigenvalue weighted by molar-refractivity contribution is 0.230. The minimum absolute atomic E-state index is 0. The molecule has 0 spiro atoms. The van der Waals surface area contributed by atoms with Gasteiger partial charge in [-0.15, -0.1) is 24.8 Å². The van der Waals surface area contributed by atoms with Crippen molar-refractivity contribution in [3.63, 3.8) is 0 Å². The highest BCUT2D eigenvalue weighted by Crippen LogP contribution is 2.19. The van der Waals surface area contributed by atoms with Crippen LogP contribution in [0.3, 0.4) is 0 Å². The van der Waals surface area contributed by atoms with E-state index in [2.05, 4.69) is 14.6 Å². The number of anilines is 1. The van der Waals surface area contributed by atoms with Gasteiger partial charge < -0.3 is 9.30 Å². The number of nitrogens with one attached hydrogen (secondary N) is 1. The van der Waals surface area contributed by atoms with E-state index in [4.69, 9.17) is 4.74 Å². The Balaban J connectivity index is 0.00000267. The second-order valence-electron chi connectivity index (χ2n) is 9.11. The number of nitrogens with zero attached hydrogens (tertiary/aromatic N) is 3. The van der Waals surface area contributed by atoms with Crippen molar-refractivity contribution in [2.24, 2.45) is 7.05 Å². The van der Waals surface area contributed by atoms with Crippen molar-refractivity contribution in [2.75, 3.05) is 30.7 Å². The van der Waals surface area contributed by atoms with E-state index in [0.29, 0.717) is 12.3 Å². The number of benzene rings is 2. The van der Waals surface area contributed by atoms with Gasteiger partial charge in [-0.25, -0.2) is 8.42 Å². The molecule has 8 nitrogen and oxygen atoms in total. The highest BCUT2D eigenvalue weighted by molar-refractivity contribution is 7.92. The van der Waals surface area contributed by atoms with Crippen LogP contribution in [-0.4, -0.2) is 48.8 Å². The van der Waals surface area contributed by atoms with Crippen LogP contribution in [0, 0.1) is 0 Å². The van der Waals surface area contributed by atoms with Gasteiger partial charge in [0, 0.05) is 56.2 Å². The van der Waals surface area contributed by atoms with Crippen molar-refractivity contribution in [1.29, 1.82) is 0 Å². The van der Waals surface area contributed by atoms with E-state index >= 15 is 0 Å². The molecule has 0 aliphatic carbocycles. The molecular weight excluding hydrogens is 559 g/mol. The van der Waals surface area contributed by atoms with E-state index in [1.54, 1.807) is 42.2 Å². The fraction of sp³-hybridized carbons (Fsp3) is 0.286. The smallest absolute Gasteiger partial charge is 0.250 e. The number of ether oxygens (including phenoxy) is 1. The molecule has 210 valence electrons. The third-order valence-electron chi connectivity index (χ3n) is 6.11. The third kappa shape index (κ3) is 9.85. The zero-order valence-corrected chi connectivity index (χ0v) is 24.4. The highest BCUT2D eigenvalue weighted by atomic mass is 35.5. The molecule has 0 atom stereocenters. The quantitative estimate of drug-likeness (QED) is 0.240. The summed E-state index contributed by atoms with van der Waals surface area (Å²) in [6, 6.07) is 20.7. The van der Waals surface area contributed by atoms with Gasteiger partial charge in [0.15, 0.2) is 0 Å². The molecule has 0 bridgehead atoms. The van der Waals surface area contributed by atoms with Crippen molar-refractivity contribution < 1.29 is 13.2 Å². The van der Waals surface area contributed by atoms with Gasteiger partial charge in [-0.1, -0.05) is 12.1 Å².